The van der Waals surface area contributed by atoms with E-state index in [9.17, 15) is 14.3 Å². The van der Waals surface area contributed by atoms with Crippen molar-refractivity contribution in [3.63, 3.8) is 0 Å². The van der Waals surface area contributed by atoms with Crippen molar-refractivity contribution in [1.29, 1.82) is 0 Å². The molecular formula is C25H22FN5O2. The lowest BCUT2D eigenvalue weighted by Crippen LogP contribution is -2.37. The van der Waals surface area contributed by atoms with Crippen LogP contribution in [0.4, 0.5) is 10.2 Å². The van der Waals surface area contributed by atoms with Crippen LogP contribution in [0.2, 0.25) is 0 Å². The summed E-state index contributed by atoms with van der Waals surface area (Å²) in [5.41, 5.74) is 2.02. The van der Waals surface area contributed by atoms with Crippen LogP contribution in [0.15, 0.2) is 60.8 Å². The number of nitrogens with zero attached hydrogens (tertiary/aromatic N) is 4. The molecule has 2 aromatic carbocycles. The van der Waals surface area contributed by atoms with Crippen molar-refractivity contribution < 1.29 is 14.3 Å². The number of amides is 1. The minimum absolute atomic E-state index is 0.0265. The molecule has 0 bridgehead atoms. The molecule has 33 heavy (non-hydrogen) atoms. The third-order valence-electron chi connectivity index (χ3n) is 5.77. The van der Waals surface area contributed by atoms with Gasteiger partial charge >= 0.3 is 0 Å². The van der Waals surface area contributed by atoms with Gasteiger partial charge in [-0.1, -0.05) is 18.2 Å². The van der Waals surface area contributed by atoms with Crippen LogP contribution in [0.5, 0.6) is 5.75 Å². The fraction of sp³-hybridized carbons (Fsp3) is 0.200. The Labute approximate surface area is 190 Å². The molecular weight excluding hydrogens is 421 g/mol. The van der Waals surface area contributed by atoms with Crippen molar-refractivity contribution in [2.24, 2.45) is 0 Å². The summed E-state index contributed by atoms with van der Waals surface area (Å²) >= 11 is 0. The lowest BCUT2D eigenvalue weighted by molar-refractivity contribution is 0.0935. The lowest BCUT2D eigenvalue weighted by atomic mass is 10.1. The predicted molar refractivity (Wildman–Crippen MR) is 124 cm³/mol. The van der Waals surface area contributed by atoms with E-state index in [-0.39, 0.29) is 29.1 Å². The molecule has 0 radical (unpaired) electrons. The van der Waals surface area contributed by atoms with Crippen LogP contribution in [0.25, 0.3) is 22.3 Å². The maximum absolute atomic E-state index is 14.6. The predicted octanol–water partition coefficient (Wildman–Crippen LogP) is 3.85. The van der Waals surface area contributed by atoms with Crippen LogP contribution >= 0.6 is 0 Å². The fourth-order valence-electron chi connectivity index (χ4n) is 4.14. The van der Waals surface area contributed by atoms with Crippen LogP contribution in [-0.2, 0) is 0 Å². The lowest BCUT2D eigenvalue weighted by Gasteiger charge is -2.21. The van der Waals surface area contributed by atoms with E-state index in [1.165, 1.54) is 18.2 Å². The summed E-state index contributed by atoms with van der Waals surface area (Å²) in [6, 6.07) is 15.1. The topological polar surface area (TPSA) is 91.2 Å². The highest BCUT2D eigenvalue weighted by Gasteiger charge is 2.28. The highest BCUT2D eigenvalue weighted by molar-refractivity contribution is 5.93. The number of aryl methyl sites for hydroxylation is 1. The Balaban J connectivity index is 1.49. The third kappa shape index (κ3) is 4.07. The van der Waals surface area contributed by atoms with Gasteiger partial charge in [0.2, 0.25) is 0 Å². The van der Waals surface area contributed by atoms with Crippen molar-refractivity contribution in [3.8, 4) is 17.1 Å². The van der Waals surface area contributed by atoms with Gasteiger partial charge in [0.1, 0.15) is 23.1 Å². The molecule has 0 spiro atoms. The van der Waals surface area contributed by atoms with Crippen LogP contribution in [-0.4, -0.2) is 45.1 Å². The first kappa shape index (κ1) is 20.8. The van der Waals surface area contributed by atoms with Gasteiger partial charge in [0.25, 0.3) is 5.91 Å². The van der Waals surface area contributed by atoms with E-state index in [0.717, 1.165) is 17.4 Å². The monoisotopic (exact) mass is 443 g/mol. The van der Waals surface area contributed by atoms with Gasteiger partial charge in [0.15, 0.2) is 5.82 Å². The molecule has 0 aliphatic carbocycles. The number of hydrogen-bond donors (Lipinski definition) is 2. The van der Waals surface area contributed by atoms with Crippen molar-refractivity contribution in [2.75, 3.05) is 18.0 Å². The number of aromatic nitrogens is 3. The Kier molecular flexibility index (Phi) is 5.34. The van der Waals surface area contributed by atoms with E-state index in [0.29, 0.717) is 30.1 Å². The summed E-state index contributed by atoms with van der Waals surface area (Å²) in [7, 11) is 0. The molecule has 8 heteroatoms. The summed E-state index contributed by atoms with van der Waals surface area (Å²) in [6.45, 7) is 3.16. The number of rotatable bonds is 4. The smallest absolute Gasteiger partial charge is 0.270 e. The quantitative estimate of drug-likeness (QED) is 0.498. The van der Waals surface area contributed by atoms with Gasteiger partial charge in [0, 0.05) is 30.7 Å². The van der Waals surface area contributed by atoms with Gasteiger partial charge in [-0.2, -0.15) is 0 Å². The normalized spacial score (nSPS) is 15.7. The van der Waals surface area contributed by atoms with Crippen LogP contribution < -0.4 is 10.2 Å². The van der Waals surface area contributed by atoms with E-state index < -0.39 is 5.82 Å². The Bertz CT molecular complexity index is 1330. The molecule has 3 heterocycles. The Morgan fingerprint density at radius 3 is 2.82 bits per heavy atom. The number of pyridine rings is 1. The zero-order chi connectivity index (χ0) is 22.9. The zero-order valence-corrected chi connectivity index (χ0v) is 18.0. The molecule has 1 atom stereocenters. The van der Waals surface area contributed by atoms with Crippen molar-refractivity contribution in [3.05, 3.63) is 77.9 Å². The number of phenolic OH excluding ortho intramolecular Hbond substituents is 1. The molecule has 7 nitrogen and oxygen atoms in total. The summed E-state index contributed by atoms with van der Waals surface area (Å²) in [5, 5.41) is 14.2. The molecule has 1 amide bonds. The number of benzene rings is 2. The van der Waals surface area contributed by atoms with Gasteiger partial charge in [-0.3, -0.25) is 9.78 Å². The second kappa shape index (κ2) is 8.46. The molecule has 1 aliphatic rings. The van der Waals surface area contributed by atoms with Crippen LogP contribution in [0.1, 0.15) is 22.5 Å². The maximum Gasteiger partial charge on any atom is 0.270 e. The molecule has 1 unspecified atom stereocenters. The number of phenols is 1. The number of halogens is 1. The van der Waals surface area contributed by atoms with Crippen molar-refractivity contribution >= 4 is 22.6 Å². The first-order valence-corrected chi connectivity index (χ1v) is 10.7. The van der Waals surface area contributed by atoms with E-state index in [1.54, 1.807) is 24.4 Å². The number of anilines is 1. The molecule has 1 fully saturated rings. The average molecular weight is 443 g/mol. The Morgan fingerprint density at radius 2 is 2.03 bits per heavy atom. The third-order valence-corrected chi connectivity index (χ3v) is 5.77. The van der Waals surface area contributed by atoms with E-state index in [1.807, 2.05) is 25.1 Å². The molecule has 0 saturated carbocycles. The number of carbonyl (C=O) groups is 1. The van der Waals surface area contributed by atoms with Gasteiger partial charge in [-0.25, -0.2) is 14.4 Å². The number of carbonyl (C=O) groups excluding carboxylic acids is 1. The van der Waals surface area contributed by atoms with Crippen molar-refractivity contribution in [2.45, 2.75) is 19.4 Å². The minimum Gasteiger partial charge on any atom is -0.507 e. The Hall–Kier alpha value is -4.07. The number of fused-ring (bicyclic) bond motifs is 1. The number of nitrogens with one attached hydrogen (secondary N) is 1. The summed E-state index contributed by atoms with van der Waals surface area (Å²) in [4.78, 5) is 27.9. The number of hydrogen-bond acceptors (Lipinski definition) is 6. The van der Waals surface area contributed by atoms with Crippen LogP contribution in [0, 0.1) is 12.7 Å². The first-order valence-electron chi connectivity index (χ1n) is 10.7. The van der Waals surface area contributed by atoms with Gasteiger partial charge in [0.05, 0.1) is 11.1 Å². The fourth-order valence-corrected chi connectivity index (χ4v) is 4.14. The van der Waals surface area contributed by atoms with Crippen LogP contribution in [0.3, 0.4) is 0 Å². The highest BCUT2D eigenvalue weighted by atomic mass is 19.1. The van der Waals surface area contributed by atoms with E-state index in [2.05, 4.69) is 25.2 Å². The molecule has 5 rings (SSSR count). The molecule has 166 valence electrons. The summed E-state index contributed by atoms with van der Waals surface area (Å²) in [5.74, 6) is -0.251. The van der Waals surface area contributed by atoms with E-state index >= 15 is 0 Å². The second-order valence-electron chi connectivity index (χ2n) is 8.15. The van der Waals surface area contributed by atoms with Gasteiger partial charge in [-0.05, 0) is 55.3 Å². The first-order chi connectivity index (χ1) is 16.0. The zero-order valence-electron chi connectivity index (χ0n) is 18.0. The van der Waals surface area contributed by atoms with Gasteiger partial charge in [-0.15, -0.1) is 0 Å². The minimum atomic E-state index is -0.588. The summed E-state index contributed by atoms with van der Waals surface area (Å²) < 4.78 is 14.6. The van der Waals surface area contributed by atoms with E-state index in [4.69, 9.17) is 0 Å². The average Bonchev–Trinajstić information content (AvgIpc) is 3.27. The molecule has 4 aromatic rings. The molecule has 2 N–H and O–H groups in total. The molecule has 1 saturated heterocycles. The highest BCUT2D eigenvalue weighted by Crippen LogP contribution is 2.34. The number of aromatic hydroxyl groups is 1. The SMILES string of the molecule is Cc1ccc2c(N3CCC(NC(=O)c4ccccn4)C3)nc(-c3c(O)cccc3F)nc2c1. The van der Waals surface area contributed by atoms with Crippen molar-refractivity contribution in [1.82, 2.24) is 20.3 Å². The largest absolute Gasteiger partial charge is 0.507 e. The maximum atomic E-state index is 14.6. The van der Waals surface area contributed by atoms with Gasteiger partial charge < -0.3 is 15.3 Å². The summed E-state index contributed by atoms with van der Waals surface area (Å²) in [6.07, 6.45) is 2.32. The Morgan fingerprint density at radius 1 is 1.15 bits per heavy atom. The molecule has 1 aliphatic heterocycles. The standard InChI is InChI=1S/C25H22FN5O2/c1-15-8-9-17-20(13-15)29-23(22-18(26)5-4-7-21(22)32)30-24(17)31-12-10-16(14-31)28-25(33)19-6-2-3-11-27-19/h2-9,11,13,16,32H,10,12,14H2,1H3,(H,28,33). The second-order valence-corrected chi connectivity index (χ2v) is 8.15. The molecule has 2 aromatic heterocycles.